The van der Waals surface area contributed by atoms with Crippen LogP contribution >= 0.6 is 11.6 Å². The Kier molecular flexibility index (Phi) is 5.67. The number of ketones is 1. The van der Waals surface area contributed by atoms with Gasteiger partial charge in [0.05, 0.1) is 5.02 Å². The van der Waals surface area contributed by atoms with E-state index in [-0.39, 0.29) is 17.1 Å². The second-order valence-corrected chi connectivity index (χ2v) is 7.78. The van der Waals surface area contributed by atoms with Gasteiger partial charge in [0.25, 0.3) is 0 Å². The number of carbonyl (C=O) groups excluding carboxylic acids is 2. The topological polar surface area (TPSA) is 91.6 Å². The fourth-order valence-electron chi connectivity index (χ4n) is 3.79. The van der Waals surface area contributed by atoms with Gasteiger partial charge < -0.3 is 20.2 Å². The van der Waals surface area contributed by atoms with Gasteiger partial charge in [-0.1, -0.05) is 35.9 Å². The third-order valence-electron chi connectivity index (χ3n) is 5.29. The lowest BCUT2D eigenvalue weighted by molar-refractivity contribution is -0.190. The number of urea groups is 1. The molecule has 0 saturated carbocycles. The maximum atomic E-state index is 13.6. The highest BCUT2D eigenvalue weighted by molar-refractivity contribution is 6.33. The van der Waals surface area contributed by atoms with E-state index in [1.54, 1.807) is 24.3 Å². The summed E-state index contributed by atoms with van der Waals surface area (Å²) >= 11 is 6.14. The predicted molar refractivity (Wildman–Crippen MR) is 108 cm³/mol. The van der Waals surface area contributed by atoms with Crippen molar-refractivity contribution in [3.63, 3.8) is 0 Å². The lowest BCUT2D eigenvalue weighted by atomic mass is 9.77. The van der Waals surface area contributed by atoms with E-state index >= 15 is 0 Å². The summed E-state index contributed by atoms with van der Waals surface area (Å²) in [4.78, 5) is 24.8. The van der Waals surface area contributed by atoms with Crippen LogP contribution in [0, 0.1) is 11.7 Å². The number of furan rings is 1. The number of halogens is 5. The smallest absolute Gasteiger partial charge is 0.450 e. The molecule has 1 aromatic heterocycles. The molecule has 0 spiro atoms. The number of amides is 2. The molecule has 3 N–H and O–H groups in total. The summed E-state index contributed by atoms with van der Waals surface area (Å²) < 4.78 is 59.7. The van der Waals surface area contributed by atoms with E-state index in [2.05, 4.69) is 5.32 Å². The van der Waals surface area contributed by atoms with E-state index in [1.807, 2.05) is 5.32 Å². The summed E-state index contributed by atoms with van der Waals surface area (Å²) in [5.74, 6) is -5.39. The van der Waals surface area contributed by atoms with Crippen molar-refractivity contribution in [3.05, 3.63) is 82.8 Å². The van der Waals surface area contributed by atoms with Crippen molar-refractivity contribution in [3.8, 4) is 11.3 Å². The molecule has 1 aliphatic heterocycles. The summed E-state index contributed by atoms with van der Waals surface area (Å²) in [5.41, 5.74) is -2.70. The van der Waals surface area contributed by atoms with Crippen molar-refractivity contribution in [2.75, 3.05) is 0 Å². The Labute approximate surface area is 189 Å². The monoisotopic (exact) mass is 482 g/mol. The van der Waals surface area contributed by atoms with Gasteiger partial charge in [-0.2, -0.15) is 13.2 Å². The zero-order chi connectivity index (χ0) is 24.0. The molecule has 0 radical (unpaired) electrons. The van der Waals surface area contributed by atoms with Crippen molar-refractivity contribution in [1.82, 2.24) is 10.6 Å². The number of Topliss-reactive ketones (excluding diaryl/α,β-unsaturated/α-hetero) is 1. The van der Waals surface area contributed by atoms with Crippen molar-refractivity contribution in [1.29, 1.82) is 0 Å². The highest BCUT2D eigenvalue weighted by Crippen LogP contribution is 2.44. The zero-order valence-electron chi connectivity index (χ0n) is 16.5. The quantitative estimate of drug-likeness (QED) is 0.471. The molecule has 3 aromatic rings. The van der Waals surface area contributed by atoms with E-state index in [4.69, 9.17) is 16.0 Å². The average Bonchev–Trinajstić information content (AvgIpc) is 3.23. The van der Waals surface area contributed by atoms with Crippen LogP contribution < -0.4 is 10.6 Å². The van der Waals surface area contributed by atoms with Gasteiger partial charge in [-0.15, -0.1) is 0 Å². The van der Waals surface area contributed by atoms with Crippen LogP contribution in [0.3, 0.4) is 0 Å². The molecule has 4 rings (SSSR count). The van der Waals surface area contributed by atoms with Gasteiger partial charge in [-0.05, 0) is 36.4 Å². The lowest BCUT2D eigenvalue weighted by Gasteiger charge is -2.44. The third-order valence-corrected chi connectivity index (χ3v) is 5.62. The van der Waals surface area contributed by atoms with Gasteiger partial charge >= 0.3 is 12.2 Å². The van der Waals surface area contributed by atoms with Gasteiger partial charge in [0.1, 0.15) is 29.3 Å². The largest absolute Gasteiger partial charge is 0.459 e. The number of hydrogen-bond acceptors (Lipinski definition) is 4. The lowest BCUT2D eigenvalue weighted by Crippen LogP contribution is -2.66. The molecule has 172 valence electrons. The molecule has 11 heteroatoms. The Morgan fingerprint density at radius 1 is 1.06 bits per heavy atom. The first-order valence-corrected chi connectivity index (χ1v) is 9.91. The van der Waals surface area contributed by atoms with Gasteiger partial charge in [0, 0.05) is 11.1 Å². The molecule has 0 bridgehead atoms. The Bertz CT molecular complexity index is 1210. The predicted octanol–water partition coefficient (Wildman–Crippen LogP) is 4.69. The maximum Gasteiger partial charge on any atom is 0.450 e. The highest BCUT2D eigenvalue weighted by Gasteiger charge is 2.60. The average molecular weight is 483 g/mol. The Balaban J connectivity index is 1.84. The zero-order valence-corrected chi connectivity index (χ0v) is 17.2. The second kappa shape index (κ2) is 8.20. The van der Waals surface area contributed by atoms with E-state index in [9.17, 15) is 32.3 Å². The first kappa shape index (κ1) is 22.8. The molecule has 1 saturated heterocycles. The van der Waals surface area contributed by atoms with Crippen LogP contribution in [0.4, 0.5) is 22.4 Å². The van der Waals surface area contributed by atoms with Crippen LogP contribution in [-0.2, 0) is 10.5 Å². The van der Waals surface area contributed by atoms with Gasteiger partial charge in [0.2, 0.25) is 5.78 Å². The van der Waals surface area contributed by atoms with Crippen LogP contribution in [0.1, 0.15) is 17.4 Å². The molecular weight excluding hydrogens is 468 g/mol. The summed E-state index contributed by atoms with van der Waals surface area (Å²) in [6.45, 7) is 0. The molecule has 2 aromatic carbocycles. The van der Waals surface area contributed by atoms with Crippen molar-refractivity contribution < 1.29 is 36.7 Å². The first-order chi connectivity index (χ1) is 15.5. The van der Waals surface area contributed by atoms with Crippen LogP contribution in [-0.4, -0.2) is 23.1 Å². The number of benzene rings is 2. The summed E-state index contributed by atoms with van der Waals surface area (Å²) in [6, 6.07) is 10.2. The molecule has 33 heavy (non-hydrogen) atoms. The Morgan fingerprint density at radius 2 is 1.73 bits per heavy atom. The molecule has 6 nitrogen and oxygen atoms in total. The van der Waals surface area contributed by atoms with Crippen LogP contribution in [0.15, 0.2) is 65.1 Å². The van der Waals surface area contributed by atoms with Crippen LogP contribution in [0.2, 0.25) is 5.02 Å². The maximum absolute atomic E-state index is 13.6. The van der Waals surface area contributed by atoms with Gasteiger partial charge in [-0.3, -0.25) is 4.79 Å². The Hall–Kier alpha value is -3.37. The molecule has 0 unspecified atom stereocenters. The summed E-state index contributed by atoms with van der Waals surface area (Å²) in [7, 11) is 0. The normalized spacial score (nSPS) is 23.0. The fourth-order valence-corrected chi connectivity index (χ4v) is 4.02. The first-order valence-electron chi connectivity index (χ1n) is 9.53. The standard InChI is InChI=1S/C22H15ClF4N2O4/c23-14-4-2-1-3-13(14)15-9-10-16(33-15)18-17(19(30)22(25,26)27)21(32,29-20(31)28-18)11-5-7-12(24)8-6-11/h1-10,17-18,32H,(H2,28,29,31)/t17-,18+,21-/m0/s1. The second-order valence-electron chi connectivity index (χ2n) is 7.37. The third kappa shape index (κ3) is 4.19. The van der Waals surface area contributed by atoms with Crippen molar-refractivity contribution in [2.45, 2.75) is 17.9 Å². The summed E-state index contributed by atoms with van der Waals surface area (Å²) in [6.07, 6.45) is -5.36. The molecule has 1 fully saturated rings. The number of hydrogen-bond donors (Lipinski definition) is 3. The molecular formula is C22H15ClF4N2O4. The number of alkyl halides is 3. The van der Waals surface area contributed by atoms with E-state index < -0.39 is 41.5 Å². The fraction of sp³-hybridized carbons (Fsp3) is 0.182. The molecule has 0 aliphatic carbocycles. The van der Waals surface area contributed by atoms with E-state index in [0.717, 1.165) is 24.3 Å². The molecule has 2 amide bonds. The minimum Gasteiger partial charge on any atom is -0.459 e. The number of rotatable bonds is 4. The van der Waals surface area contributed by atoms with E-state index in [0.29, 0.717) is 10.6 Å². The number of nitrogens with one attached hydrogen (secondary N) is 2. The number of aliphatic hydroxyl groups is 1. The van der Waals surface area contributed by atoms with Crippen molar-refractivity contribution in [2.24, 2.45) is 5.92 Å². The SMILES string of the molecule is O=C1N[C@H](c2ccc(-c3ccccc3Cl)o2)[C@@H](C(=O)C(F)(F)F)[C@@](O)(c2ccc(F)cc2)N1. The van der Waals surface area contributed by atoms with Crippen molar-refractivity contribution >= 4 is 23.4 Å². The molecule has 3 atom stereocenters. The summed E-state index contributed by atoms with van der Waals surface area (Å²) in [5, 5.41) is 15.7. The molecule has 2 heterocycles. The van der Waals surface area contributed by atoms with Crippen LogP contribution in [0.25, 0.3) is 11.3 Å². The minimum atomic E-state index is -5.36. The van der Waals surface area contributed by atoms with Gasteiger partial charge in [0.15, 0.2) is 5.72 Å². The minimum absolute atomic E-state index is 0.173. The number of carbonyl (C=O) groups is 2. The molecule has 1 aliphatic rings. The van der Waals surface area contributed by atoms with Crippen LogP contribution in [0.5, 0.6) is 0 Å². The van der Waals surface area contributed by atoms with E-state index in [1.165, 1.54) is 12.1 Å². The van der Waals surface area contributed by atoms with Gasteiger partial charge in [-0.25, -0.2) is 9.18 Å². The highest BCUT2D eigenvalue weighted by atomic mass is 35.5. The Morgan fingerprint density at radius 3 is 2.36 bits per heavy atom.